The van der Waals surface area contributed by atoms with Crippen molar-refractivity contribution < 1.29 is 14.3 Å². The zero-order valence-corrected chi connectivity index (χ0v) is 13.8. The van der Waals surface area contributed by atoms with Crippen molar-refractivity contribution in [3.8, 4) is 0 Å². The monoisotopic (exact) mass is 309 g/mol. The first-order chi connectivity index (χ1) is 9.76. The number of carbonyl (C=O) groups is 1. The highest BCUT2D eigenvalue weighted by molar-refractivity contribution is 7.80. The molecule has 1 rings (SSSR count). The first-order valence-corrected chi connectivity index (χ1v) is 7.35. The molecule has 0 aliphatic carbocycles. The standard InChI is InChI=1S/C16H23NO3S/c1-12(21)19-14(10-13-8-6-5-7-9-13)11-17-15(18)20-16(2,3)4/h5-9,14H,10-11H2,1-4H3,(H,17,18). The van der Waals surface area contributed by atoms with Gasteiger partial charge in [0.15, 0.2) is 5.05 Å². The molecule has 116 valence electrons. The lowest BCUT2D eigenvalue weighted by Crippen LogP contribution is -2.39. The Morgan fingerprint density at radius 1 is 1.29 bits per heavy atom. The van der Waals surface area contributed by atoms with Crippen LogP contribution in [0, 0.1) is 0 Å². The Balaban J connectivity index is 2.54. The normalized spacial score (nSPS) is 12.4. The highest BCUT2D eigenvalue weighted by atomic mass is 32.1. The highest BCUT2D eigenvalue weighted by Crippen LogP contribution is 2.08. The molecule has 1 unspecified atom stereocenters. The molecule has 0 aliphatic rings. The highest BCUT2D eigenvalue weighted by Gasteiger charge is 2.18. The molecule has 0 saturated heterocycles. The Hall–Kier alpha value is -1.62. The molecule has 1 aromatic carbocycles. The Morgan fingerprint density at radius 3 is 2.43 bits per heavy atom. The van der Waals surface area contributed by atoms with Crippen molar-refractivity contribution >= 4 is 23.4 Å². The fraction of sp³-hybridized carbons (Fsp3) is 0.500. The Morgan fingerprint density at radius 2 is 1.90 bits per heavy atom. The maximum absolute atomic E-state index is 11.7. The Labute approximate surface area is 131 Å². The molecule has 0 bridgehead atoms. The summed E-state index contributed by atoms with van der Waals surface area (Å²) in [5.41, 5.74) is 0.615. The van der Waals surface area contributed by atoms with Crippen LogP contribution in [0.25, 0.3) is 0 Å². The van der Waals surface area contributed by atoms with Crippen LogP contribution in [-0.2, 0) is 15.9 Å². The Bertz CT molecular complexity index is 468. The van der Waals surface area contributed by atoms with Gasteiger partial charge in [-0.15, -0.1) is 0 Å². The molecule has 1 N–H and O–H groups in total. The van der Waals surface area contributed by atoms with Gasteiger partial charge in [-0.05, 0) is 38.6 Å². The summed E-state index contributed by atoms with van der Waals surface area (Å²) >= 11 is 4.99. The number of hydrogen-bond acceptors (Lipinski definition) is 4. The van der Waals surface area contributed by atoms with Gasteiger partial charge in [0.1, 0.15) is 11.7 Å². The molecule has 1 atom stereocenters. The summed E-state index contributed by atoms with van der Waals surface area (Å²) in [7, 11) is 0. The van der Waals surface area contributed by atoms with Crippen molar-refractivity contribution in [2.45, 2.75) is 45.8 Å². The van der Waals surface area contributed by atoms with Crippen LogP contribution in [0.1, 0.15) is 33.3 Å². The Kier molecular flexibility index (Phi) is 6.62. The van der Waals surface area contributed by atoms with Crippen LogP contribution >= 0.6 is 12.2 Å². The maximum atomic E-state index is 11.7. The van der Waals surface area contributed by atoms with E-state index in [2.05, 4.69) is 5.32 Å². The van der Waals surface area contributed by atoms with Crippen molar-refractivity contribution in [3.63, 3.8) is 0 Å². The summed E-state index contributed by atoms with van der Waals surface area (Å²) in [6, 6.07) is 9.93. The van der Waals surface area contributed by atoms with Crippen LogP contribution in [0.15, 0.2) is 30.3 Å². The lowest BCUT2D eigenvalue weighted by atomic mass is 10.1. The van der Waals surface area contributed by atoms with E-state index in [1.807, 2.05) is 51.1 Å². The molecular formula is C16H23NO3S. The third-order valence-electron chi connectivity index (χ3n) is 2.51. The minimum atomic E-state index is -0.514. The molecule has 0 aromatic heterocycles. The van der Waals surface area contributed by atoms with E-state index < -0.39 is 11.7 Å². The topological polar surface area (TPSA) is 47.6 Å². The van der Waals surface area contributed by atoms with Gasteiger partial charge in [0, 0.05) is 13.3 Å². The van der Waals surface area contributed by atoms with Gasteiger partial charge in [0.2, 0.25) is 0 Å². The average Bonchev–Trinajstić information content (AvgIpc) is 2.34. The third kappa shape index (κ3) is 8.30. The van der Waals surface area contributed by atoms with E-state index in [4.69, 9.17) is 21.7 Å². The number of rotatable bonds is 5. The molecule has 1 amide bonds. The third-order valence-corrected chi connectivity index (χ3v) is 2.61. The second-order valence-electron chi connectivity index (χ2n) is 5.80. The minimum absolute atomic E-state index is 0.211. The predicted molar refractivity (Wildman–Crippen MR) is 87.5 cm³/mol. The minimum Gasteiger partial charge on any atom is -0.482 e. The van der Waals surface area contributed by atoms with Crippen LogP contribution in [0.4, 0.5) is 4.79 Å². The van der Waals surface area contributed by atoms with Crippen molar-refractivity contribution in [2.24, 2.45) is 0 Å². The second kappa shape index (κ2) is 7.98. The maximum Gasteiger partial charge on any atom is 0.407 e. The zero-order chi connectivity index (χ0) is 15.9. The molecular weight excluding hydrogens is 286 g/mol. The van der Waals surface area contributed by atoms with Gasteiger partial charge in [0.05, 0.1) is 6.54 Å². The number of amides is 1. The van der Waals surface area contributed by atoms with Crippen LogP contribution in [0.3, 0.4) is 0 Å². The van der Waals surface area contributed by atoms with Gasteiger partial charge in [-0.2, -0.15) is 0 Å². The molecule has 0 saturated carbocycles. The van der Waals surface area contributed by atoms with Crippen LogP contribution in [-0.4, -0.2) is 29.4 Å². The predicted octanol–water partition coefficient (Wildman–Crippen LogP) is 3.49. The van der Waals surface area contributed by atoms with Crippen LogP contribution in [0.5, 0.6) is 0 Å². The number of carbonyl (C=O) groups excluding carboxylic acids is 1. The largest absolute Gasteiger partial charge is 0.482 e. The number of alkyl carbamates (subject to hydrolysis) is 1. The van der Waals surface area contributed by atoms with E-state index in [0.717, 1.165) is 5.56 Å². The lowest BCUT2D eigenvalue weighted by Gasteiger charge is -2.22. The SMILES string of the molecule is CC(=S)OC(CNC(=O)OC(C)(C)C)Cc1ccccc1. The summed E-state index contributed by atoms with van der Waals surface area (Å²) in [5, 5.41) is 3.18. The molecule has 4 nitrogen and oxygen atoms in total. The number of thiocarbonyl (C=S) groups is 1. The van der Waals surface area contributed by atoms with Crippen LogP contribution in [0.2, 0.25) is 0 Å². The summed E-state index contributed by atoms with van der Waals surface area (Å²) in [4.78, 5) is 11.7. The second-order valence-corrected chi connectivity index (χ2v) is 6.38. The van der Waals surface area contributed by atoms with E-state index in [-0.39, 0.29) is 6.10 Å². The number of ether oxygens (including phenoxy) is 2. The summed E-state index contributed by atoms with van der Waals surface area (Å²) < 4.78 is 10.8. The molecule has 0 spiro atoms. The van der Waals surface area contributed by atoms with Gasteiger partial charge in [-0.1, -0.05) is 30.3 Å². The van der Waals surface area contributed by atoms with Gasteiger partial charge in [-0.25, -0.2) is 4.79 Å². The van der Waals surface area contributed by atoms with Gasteiger partial charge >= 0.3 is 6.09 Å². The summed E-state index contributed by atoms with van der Waals surface area (Å²) in [6.07, 6.45) is 0.00792. The van der Waals surface area contributed by atoms with E-state index in [1.165, 1.54) is 0 Å². The smallest absolute Gasteiger partial charge is 0.407 e. The zero-order valence-electron chi connectivity index (χ0n) is 13.0. The van der Waals surface area contributed by atoms with E-state index in [0.29, 0.717) is 18.0 Å². The van der Waals surface area contributed by atoms with Crippen molar-refractivity contribution in [1.29, 1.82) is 0 Å². The van der Waals surface area contributed by atoms with Gasteiger partial charge in [-0.3, -0.25) is 0 Å². The van der Waals surface area contributed by atoms with E-state index in [1.54, 1.807) is 6.92 Å². The summed E-state index contributed by atoms with van der Waals surface area (Å²) in [5.74, 6) is 0. The number of nitrogens with one attached hydrogen (secondary N) is 1. The van der Waals surface area contributed by atoms with E-state index >= 15 is 0 Å². The average molecular weight is 309 g/mol. The summed E-state index contributed by atoms with van der Waals surface area (Å²) in [6.45, 7) is 7.54. The first kappa shape index (κ1) is 17.4. The number of benzene rings is 1. The van der Waals surface area contributed by atoms with Crippen molar-refractivity contribution in [3.05, 3.63) is 35.9 Å². The first-order valence-electron chi connectivity index (χ1n) is 6.94. The van der Waals surface area contributed by atoms with Crippen molar-refractivity contribution in [1.82, 2.24) is 5.32 Å². The molecule has 0 aliphatic heterocycles. The van der Waals surface area contributed by atoms with Gasteiger partial charge in [0.25, 0.3) is 0 Å². The van der Waals surface area contributed by atoms with Crippen LogP contribution < -0.4 is 5.32 Å². The quantitative estimate of drug-likeness (QED) is 0.846. The van der Waals surface area contributed by atoms with E-state index in [9.17, 15) is 4.79 Å². The molecule has 0 heterocycles. The molecule has 0 fully saturated rings. The van der Waals surface area contributed by atoms with Crippen molar-refractivity contribution in [2.75, 3.05) is 6.54 Å². The number of hydrogen-bond donors (Lipinski definition) is 1. The molecule has 0 radical (unpaired) electrons. The molecule has 21 heavy (non-hydrogen) atoms. The molecule has 5 heteroatoms. The molecule has 1 aromatic rings. The van der Waals surface area contributed by atoms with Gasteiger partial charge < -0.3 is 14.8 Å². The fourth-order valence-corrected chi connectivity index (χ4v) is 1.91. The lowest BCUT2D eigenvalue weighted by molar-refractivity contribution is 0.0498. The fourth-order valence-electron chi connectivity index (χ4n) is 1.78.